The number of benzene rings is 3. The minimum absolute atomic E-state index is 0.129. The van der Waals surface area contributed by atoms with Crippen LogP contribution >= 0.6 is 11.6 Å². The fourth-order valence-corrected chi connectivity index (χ4v) is 2.78. The first-order chi connectivity index (χ1) is 14.5. The molecule has 0 spiro atoms. The van der Waals surface area contributed by atoms with Gasteiger partial charge in [-0.2, -0.15) is 0 Å². The molecular formula is C24H19ClO5. The Hall–Kier alpha value is -3.57. The smallest absolute Gasteiger partial charge is 0.343 e. The molecule has 0 radical (unpaired) electrons. The minimum atomic E-state index is -0.517. The summed E-state index contributed by atoms with van der Waals surface area (Å²) in [5.41, 5.74) is 1.68. The maximum Gasteiger partial charge on any atom is 0.343 e. The summed E-state index contributed by atoms with van der Waals surface area (Å²) in [4.78, 5) is 24.6. The van der Waals surface area contributed by atoms with E-state index in [1.807, 2.05) is 0 Å². The Balaban J connectivity index is 1.65. The molecule has 0 aromatic heterocycles. The Labute approximate surface area is 179 Å². The van der Waals surface area contributed by atoms with E-state index in [4.69, 9.17) is 25.8 Å². The van der Waals surface area contributed by atoms with E-state index in [0.29, 0.717) is 33.4 Å². The summed E-state index contributed by atoms with van der Waals surface area (Å²) < 4.78 is 15.8. The van der Waals surface area contributed by atoms with E-state index in [0.717, 1.165) is 5.56 Å². The minimum Gasteiger partial charge on any atom is -0.493 e. The third kappa shape index (κ3) is 5.27. The molecule has 6 heteroatoms. The van der Waals surface area contributed by atoms with E-state index >= 15 is 0 Å². The maximum absolute atomic E-state index is 12.4. The maximum atomic E-state index is 12.4. The van der Waals surface area contributed by atoms with Crippen molar-refractivity contribution in [3.05, 3.63) is 94.5 Å². The largest absolute Gasteiger partial charge is 0.493 e. The monoisotopic (exact) mass is 422 g/mol. The quantitative estimate of drug-likeness (QED) is 0.218. The van der Waals surface area contributed by atoms with Gasteiger partial charge in [0, 0.05) is 10.6 Å². The Morgan fingerprint density at radius 2 is 1.43 bits per heavy atom. The molecule has 0 fully saturated rings. The number of hydrogen-bond donors (Lipinski definition) is 0. The van der Waals surface area contributed by atoms with Crippen LogP contribution < -0.4 is 14.2 Å². The third-order valence-electron chi connectivity index (χ3n) is 4.27. The lowest BCUT2D eigenvalue weighted by molar-refractivity contribution is 0.0734. The molecule has 0 unspecified atom stereocenters. The third-order valence-corrected chi connectivity index (χ3v) is 4.52. The van der Waals surface area contributed by atoms with Crippen LogP contribution in [0, 0.1) is 0 Å². The lowest BCUT2D eigenvalue weighted by Crippen LogP contribution is -2.08. The van der Waals surface area contributed by atoms with Gasteiger partial charge in [0.25, 0.3) is 0 Å². The summed E-state index contributed by atoms with van der Waals surface area (Å²) in [6.45, 7) is 0. The molecule has 0 heterocycles. The van der Waals surface area contributed by atoms with Crippen molar-refractivity contribution in [2.24, 2.45) is 0 Å². The number of carbonyl (C=O) groups excluding carboxylic acids is 2. The van der Waals surface area contributed by atoms with Crippen molar-refractivity contribution < 1.29 is 23.8 Å². The van der Waals surface area contributed by atoms with Gasteiger partial charge in [-0.1, -0.05) is 29.8 Å². The zero-order valence-corrected chi connectivity index (χ0v) is 17.2. The van der Waals surface area contributed by atoms with Crippen molar-refractivity contribution in [3.63, 3.8) is 0 Å². The number of ether oxygens (including phenoxy) is 3. The lowest BCUT2D eigenvalue weighted by atomic mass is 10.1. The highest BCUT2D eigenvalue weighted by Crippen LogP contribution is 2.28. The molecule has 3 aromatic rings. The average Bonchev–Trinajstić information content (AvgIpc) is 2.78. The summed E-state index contributed by atoms with van der Waals surface area (Å²) in [5.74, 6) is 0.708. The Morgan fingerprint density at radius 3 is 2.07 bits per heavy atom. The van der Waals surface area contributed by atoms with E-state index in [1.165, 1.54) is 20.3 Å². The first kappa shape index (κ1) is 21.1. The van der Waals surface area contributed by atoms with Crippen molar-refractivity contribution in [1.82, 2.24) is 0 Å². The molecule has 0 aliphatic carbocycles. The van der Waals surface area contributed by atoms with Crippen molar-refractivity contribution in [3.8, 4) is 17.2 Å². The summed E-state index contributed by atoms with van der Waals surface area (Å²) in [5, 5.41) is 0.578. The number of esters is 1. The second kappa shape index (κ2) is 9.76. The molecule has 0 bridgehead atoms. The zero-order chi connectivity index (χ0) is 21.5. The first-order valence-electron chi connectivity index (χ1n) is 9.02. The molecule has 30 heavy (non-hydrogen) atoms. The van der Waals surface area contributed by atoms with Crippen LogP contribution in [0.15, 0.2) is 72.8 Å². The summed E-state index contributed by atoms with van der Waals surface area (Å²) >= 11 is 5.83. The fourth-order valence-electron chi connectivity index (χ4n) is 2.66. The number of carbonyl (C=O) groups is 2. The molecule has 0 aliphatic rings. The van der Waals surface area contributed by atoms with Gasteiger partial charge in [-0.15, -0.1) is 0 Å². The summed E-state index contributed by atoms with van der Waals surface area (Å²) in [7, 11) is 3.02. The predicted molar refractivity (Wildman–Crippen MR) is 116 cm³/mol. The topological polar surface area (TPSA) is 61.8 Å². The van der Waals surface area contributed by atoms with Gasteiger partial charge in [-0.3, -0.25) is 4.79 Å². The number of halogens is 1. The first-order valence-corrected chi connectivity index (χ1v) is 9.40. The lowest BCUT2D eigenvalue weighted by Gasteiger charge is -2.09. The van der Waals surface area contributed by atoms with Gasteiger partial charge in [0.15, 0.2) is 17.3 Å². The van der Waals surface area contributed by atoms with E-state index in [2.05, 4.69) is 0 Å². The van der Waals surface area contributed by atoms with Crippen LogP contribution in [0.1, 0.15) is 26.3 Å². The van der Waals surface area contributed by atoms with E-state index in [1.54, 1.807) is 72.8 Å². The summed E-state index contributed by atoms with van der Waals surface area (Å²) in [6, 6.07) is 18.3. The van der Waals surface area contributed by atoms with Crippen molar-refractivity contribution in [2.45, 2.75) is 0 Å². The average molecular weight is 423 g/mol. The molecular weight excluding hydrogens is 404 g/mol. The molecule has 152 valence electrons. The number of hydrogen-bond acceptors (Lipinski definition) is 5. The van der Waals surface area contributed by atoms with E-state index in [-0.39, 0.29) is 5.78 Å². The zero-order valence-electron chi connectivity index (χ0n) is 16.4. The van der Waals surface area contributed by atoms with Crippen molar-refractivity contribution >= 4 is 29.4 Å². The normalized spacial score (nSPS) is 10.6. The van der Waals surface area contributed by atoms with Crippen LogP contribution in [-0.4, -0.2) is 26.0 Å². The Bertz CT molecular complexity index is 1070. The van der Waals surface area contributed by atoms with E-state index < -0.39 is 5.97 Å². The predicted octanol–water partition coefficient (Wildman–Crippen LogP) is 5.47. The van der Waals surface area contributed by atoms with E-state index in [9.17, 15) is 9.59 Å². The SMILES string of the molecule is COc1ccc(C(=O)Oc2ccc(C=CC(=O)c3ccc(Cl)cc3)cc2)cc1OC. The molecule has 0 aliphatic heterocycles. The van der Waals surface area contributed by atoms with Crippen LogP contribution in [0.25, 0.3) is 6.08 Å². The highest BCUT2D eigenvalue weighted by atomic mass is 35.5. The molecule has 0 N–H and O–H groups in total. The highest BCUT2D eigenvalue weighted by Gasteiger charge is 2.13. The van der Waals surface area contributed by atoms with Crippen LogP contribution in [0.3, 0.4) is 0 Å². The van der Waals surface area contributed by atoms with Gasteiger partial charge in [-0.25, -0.2) is 4.79 Å². The van der Waals surface area contributed by atoms with Gasteiger partial charge in [0.1, 0.15) is 5.75 Å². The molecule has 3 aromatic carbocycles. The van der Waals surface area contributed by atoms with Gasteiger partial charge < -0.3 is 14.2 Å². The molecule has 5 nitrogen and oxygen atoms in total. The number of ketones is 1. The van der Waals surface area contributed by atoms with Crippen LogP contribution in [0.4, 0.5) is 0 Å². The van der Waals surface area contributed by atoms with Crippen molar-refractivity contribution in [1.29, 1.82) is 0 Å². The Morgan fingerprint density at radius 1 is 0.800 bits per heavy atom. The number of rotatable bonds is 7. The Kier molecular flexibility index (Phi) is 6.88. The fraction of sp³-hybridized carbons (Fsp3) is 0.0833. The molecule has 3 rings (SSSR count). The second-order valence-electron chi connectivity index (χ2n) is 6.23. The van der Waals surface area contributed by atoms with Crippen LogP contribution in [-0.2, 0) is 0 Å². The van der Waals surface area contributed by atoms with Gasteiger partial charge in [0.05, 0.1) is 19.8 Å². The van der Waals surface area contributed by atoms with Gasteiger partial charge in [-0.05, 0) is 66.2 Å². The standard InChI is InChI=1S/C24H19ClO5/c1-28-22-14-8-18(15-23(22)29-2)24(27)30-20-11-3-16(4-12-20)5-13-21(26)17-6-9-19(25)10-7-17/h3-15H,1-2H3. The second-order valence-corrected chi connectivity index (χ2v) is 6.67. The number of allylic oxidation sites excluding steroid dienone is 1. The van der Waals surface area contributed by atoms with Crippen LogP contribution in [0.2, 0.25) is 5.02 Å². The van der Waals surface area contributed by atoms with Crippen LogP contribution in [0.5, 0.6) is 17.2 Å². The summed E-state index contributed by atoms with van der Waals surface area (Å²) in [6.07, 6.45) is 3.17. The molecule has 0 atom stereocenters. The van der Waals surface area contributed by atoms with Crippen molar-refractivity contribution in [2.75, 3.05) is 14.2 Å². The molecule has 0 saturated carbocycles. The van der Waals surface area contributed by atoms with Gasteiger partial charge in [0.2, 0.25) is 0 Å². The molecule has 0 saturated heterocycles. The van der Waals surface area contributed by atoms with Gasteiger partial charge >= 0.3 is 5.97 Å². The highest BCUT2D eigenvalue weighted by molar-refractivity contribution is 6.30. The number of methoxy groups -OCH3 is 2. The molecule has 0 amide bonds.